The fraction of sp³-hybridized carbons (Fsp3) is 0.231. The van der Waals surface area contributed by atoms with E-state index in [1.807, 2.05) is 38.1 Å². The van der Waals surface area contributed by atoms with Crippen LogP contribution < -0.4 is 5.32 Å². The van der Waals surface area contributed by atoms with Gasteiger partial charge in [0.25, 0.3) is 0 Å². The molecule has 1 heterocycles. The number of hydrogen-bond acceptors (Lipinski definition) is 3. The van der Waals surface area contributed by atoms with E-state index in [0.717, 1.165) is 28.3 Å². The summed E-state index contributed by atoms with van der Waals surface area (Å²) in [5.41, 5.74) is 3.71. The summed E-state index contributed by atoms with van der Waals surface area (Å²) in [6.07, 6.45) is 0. The van der Waals surface area contributed by atoms with Gasteiger partial charge in [-0.3, -0.25) is 4.79 Å². The van der Waals surface area contributed by atoms with Crippen LogP contribution in [0.25, 0.3) is 11.1 Å². The van der Waals surface area contributed by atoms with E-state index in [9.17, 15) is 4.79 Å². The number of nitrogens with one attached hydrogen (secondary N) is 1. The summed E-state index contributed by atoms with van der Waals surface area (Å²) in [5, 5.41) is 6.65. The Labute approximate surface area is 99.6 Å². The summed E-state index contributed by atoms with van der Waals surface area (Å²) in [6.45, 7) is 5.28. The number of amides is 1. The number of benzene rings is 1. The summed E-state index contributed by atoms with van der Waals surface area (Å²) in [5.74, 6) is 0.727. The van der Waals surface area contributed by atoms with Crippen molar-refractivity contribution in [3.05, 3.63) is 35.7 Å². The van der Waals surface area contributed by atoms with E-state index >= 15 is 0 Å². The second-order valence-corrected chi connectivity index (χ2v) is 3.96. The second-order valence-electron chi connectivity index (χ2n) is 3.96. The Bertz CT molecular complexity index is 522. The first-order chi connectivity index (χ1) is 8.08. The van der Waals surface area contributed by atoms with Crippen LogP contribution in [0.1, 0.15) is 18.4 Å². The highest BCUT2D eigenvalue weighted by Gasteiger charge is 2.10. The molecule has 88 valence electrons. The van der Waals surface area contributed by atoms with E-state index in [1.165, 1.54) is 6.92 Å². The predicted molar refractivity (Wildman–Crippen MR) is 65.7 cm³/mol. The fourth-order valence-electron chi connectivity index (χ4n) is 1.82. The lowest BCUT2D eigenvalue weighted by atomic mass is 10.0. The van der Waals surface area contributed by atoms with Gasteiger partial charge in [0.05, 0.1) is 5.69 Å². The quantitative estimate of drug-likeness (QED) is 0.863. The van der Waals surface area contributed by atoms with Crippen LogP contribution in [0.4, 0.5) is 5.69 Å². The van der Waals surface area contributed by atoms with Gasteiger partial charge in [0.1, 0.15) is 5.76 Å². The predicted octanol–water partition coefficient (Wildman–Crippen LogP) is 2.92. The molecular weight excluding hydrogens is 216 g/mol. The highest BCUT2D eigenvalue weighted by atomic mass is 16.5. The molecule has 2 rings (SSSR count). The van der Waals surface area contributed by atoms with Crippen molar-refractivity contribution in [3.8, 4) is 11.1 Å². The SMILES string of the molecule is CC(=O)Nc1ccc(-c2c(C)noc2C)cc1. The lowest BCUT2D eigenvalue weighted by Gasteiger charge is -2.04. The molecule has 0 aliphatic rings. The van der Waals surface area contributed by atoms with Crippen molar-refractivity contribution >= 4 is 11.6 Å². The lowest BCUT2D eigenvalue weighted by molar-refractivity contribution is -0.114. The van der Waals surface area contributed by atoms with E-state index in [0.29, 0.717) is 0 Å². The number of carbonyl (C=O) groups is 1. The van der Waals surface area contributed by atoms with E-state index in [1.54, 1.807) is 0 Å². The number of anilines is 1. The van der Waals surface area contributed by atoms with E-state index < -0.39 is 0 Å². The van der Waals surface area contributed by atoms with Gasteiger partial charge < -0.3 is 9.84 Å². The molecule has 4 nitrogen and oxygen atoms in total. The maximum absolute atomic E-state index is 10.9. The van der Waals surface area contributed by atoms with Crippen LogP contribution >= 0.6 is 0 Å². The Morgan fingerprint density at radius 3 is 2.35 bits per heavy atom. The molecule has 0 radical (unpaired) electrons. The Morgan fingerprint density at radius 2 is 1.88 bits per heavy atom. The van der Waals surface area contributed by atoms with Crippen LogP contribution in [0.15, 0.2) is 28.8 Å². The van der Waals surface area contributed by atoms with Gasteiger partial charge in [-0.2, -0.15) is 0 Å². The first kappa shape index (κ1) is 11.4. The van der Waals surface area contributed by atoms with E-state index in [2.05, 4.69) is 10.5 Å². The molecule has 1 amide bonds. The number of aromatic nitrogens is 1. The lowest BCUT2D eigenvalue weighted by Crippen LogP contribution is -2.05. The van der Waals surface area contributed by atoms with Gasteiger partial charge in [-0.1, -0.05) is 17.3 Å². The van der Waals surface area contributed by atoms with E-state index in [4.69, 9.17) is 4.52 Å². The average Bonchev–Trinajstić information content (AvgIpc) is 2.59. The minimum atomic E-state index is -0.0740. The monoisotopic (exact) mass is 230 g/mol. The number of rotatable bonds is 2. The maximum atomic E-state index is 10.9. The molecule has 2 aromatic rings. The molecule has 0 bridgehead atoms. The van der Waals surface area contributed by atoms with Crippen molar-refractivity contribution in [2.45, 2.75) is 20.8 Å². The van der Waals surface area contributed by atoms with Gasteiger partial charge in [-0.15, -0.1) is 0 Å². The molecule has 1 aromatic carbocycles. The highest BCUT2D eigenvalue weighted by molar-refractivity contribution is 5.89. The zero-order chi connectivity index (χ0) is 12.4. The molecule has 0 spiro atoms. The summed E-state index contributed by atoms with van der Waals surface area (Å²) >= 11 is 0. The van der Waals surface area contributed by atoms with Crippen LogP contribution in [0, 0.1) is 13.8 Å². The Balaban J connectivity index is 2.33. The van der Waals surface area contributed by atoms with Crippen LogP contribution in [0.3, 0.4) is 0 Å². The fourth-order valence-corrected chi connectivity index (χ4v) is 1.82. The van der Waals surface area contributed by atoms with Gasteiger partial charge in [0.2, 0.25) is 5.91 Å². The van der Waals surface area contributed by atoms with Crippen molar-refractivity contribution in [2.24, 2.45) is 0 Å². The minimum Gasteiger partial charge on any atom is -0.361 e. The zero-order valence-electron chi connectivity index (χ0n) is 10.1. The van der Waals surface area contributed by atoms with Crippen LogP contribution in [0.2, 0.25) is 0 Å². The second kappa shape index (κ2) is 4.41. The molecule has 0 saturated heterocycles. The maximum Gasteiger partial charge on any atom is 0.221 e. The first-order valence-electron chi connectivity index (χ1n) is 5.39. The topological polar surface area (TPSA) is 55.1 Å². The molecular formula is C13H14N2O2. The summed E-state index contributed by atoms with van der Waals surface area (Å²) in [4.78, 5) is 10.9. The normalized spacial score (nSPS) is 10.3. The minimum absolute atomic E-state index is 0.0740. The standard InChI is InChI=1S/C13H14N2O2/c1-8-13(9(2)17-15-8)11-4-6-12(7-5-11)14-10(3)16/h4-7H,1-3H3,(H,14,16). The third-order valence-electron chi connectivity index (χ3n) is 2.53. The number of nitrogens with zero attached hydrogens (tertiary/aromatic N) is 1. The van der Waals surface area contributed by atoms with Gasteiger partial charge >= 0.3 is 0 Å². The Hall–Kier alpha value is -2.10. The van der Waals surface area contributed by atoms with Gasteiger partial charge in [-0.05, 0) is 31.5 Å². The summed E-state index contributed by atoms with van der Waals surface area (Å²) < 4.78 is 5.12. The molecule has 0 saturated carbocycles. The van der Waals surface area contributed by atoms with Crippen molar-refractivity contribution < 1.29 is 9.32 Å². The summed E-state index contributed by atoms with van der Waals surface area (Å²) in [6, 6.07) is 7.61. The number of hydrogen-bond donors (Lipinski definition) is 1. The largest absolute Gasteiger partial charge is 0.361 e. The van der Waals surface area contributed by atoms with Gasteiger partial charge in [0, 0.05) is 18.2 Å². The molecule has 0 atom stereocenters. The summed E-state index contributed by atoms with van der Waals surface area (Å²) in [7, 11) is 0. The van der Waals surface area contributed by atoms with Crippen LogP contribution in [0.5, 0.6) is 0 Å². The molecule has 0 fully saturated rings. The Kier molecular flexibility index (Phi) is 2.95. The van der Waals surface area contributed by atoms with E-state index in [-0.39, 0.29) is 5.91 Å². The van der Waals surface area contributed by atoms with Crippen LogP contribution in [-0.4, -0.2) is 11.1 Å². The average molecular weight is 230 g/mol. The zero-order valence-corrected chi connectivity index (χ0v) is 10.1. The van der Waals surface area contributed by atoms with Gasteiger partial charge in [0.15, 0.2) is 0 Å². The Morgan fingerprint density at radius 1 is 1.24 bits per heavy atom. The molecule has 0 unspecified atom stereocenters. The molecule has 1 aromatic heterocycles. The molecule has 1 N–H and O–H groups in total. The van der Waals surface area contributed by atoms with Crippen molar-refractivity contribution in [3.63, 3.8) is 0 Å². The van der Waals surface area contributed by atoms with Crippen molar-refractivity contribution in [1.29, 1.82) is 0 Å². The van der Waals surface area contributed by atoms with Crippen molar-refractivity contribution in [1.82, 2.24) is 5.16 Å². The third-order valence-corrected chi connectivity index (χ3v) is 2.53. The van der Waals surface area contributed by atoms with Crippen LogP contribution in [-0.2, 0) is 4.79 Å². The molecule has 0 aliphatic heterocycles. The highest BCUT2D eigenvalue weighted by Crippen LogP contribution is 2.27. The molecule has 0 aliphatic carbocycles. The number of aryl methyl sites for hydroxylation is 2. The van der Waals surface area contributed by atoms with Crippen molar-refractivity contribution in [2.75, 3.05) is 5.32 Å². The first-order valence-corrected chi connectivity index (χ1v) is 5.39. The van der Waals surface area contributed by atoms with Gasteiger partial charge in [-0.25, -0.2) is 0 Å². The third kappa shape index (κ3) is 2.36. The smallest absolute Gasteiger partial charge is 0.221 e. The number of carbonyl (C=O) groups excluding carboxylic acids is 1. The molecule has 17 heavy (non-hydrogen) atoms. The molecule has 4 heteroatoms.